The summed E-state index contributed by atoms with van der Waals surface area (Å²) in [5.74, 6) is -0.986. The molecule has 0 spiro atoms. The minimum Gasteiger partial charge on any atom is -0.492 e. The van der Waals surface area contributed by atoms with Crippen LogP contribution < -0.4 is 15.8 Å². The molecule has 2 aliphatic rings. The molecule has 0 aromatic rings. The van der Waals surface area contributed by atoms with Crippen molar-refractivity contribution in [3.05, 3.63) is 21.8 Å². The number of fused-ring (bicyclic) bond motifs is 1. The number of hydrogen-bond donors (Lipinski definition) is 5. The van der Waals surface area contributed by atoms with Crippen molar-refractivity contribution in [2.75, 3.05) is 6.54 Å². The largest absolute Gasteiger partial charge is 0.492 e. The number of nitrogens with two attached hydrogens (primary N) is 1. The minimum atomic E-state index is -4.02. The first-order valence-electron chi connectivity index (χ1n) is 9.71. The fourth-order valence-corrected chi connectivity index (χ4v) is 6.08. The van der Waals surface area contributed by atoms with E-state index < -0.39 is 22.0 Å². The van der Waals surface area contributed by atoms with Crippen LogP contribution in [0.2, 0.25) is 0 Å². The number of nitrogens with one attached hydrogen (secondary N) is 3. The summed E-state index contributed by atoms with van der Waals surface area (Å²) in [6, 6.07) is -1.26. The average molecular weight is 429 g/mol. The van der Waals surface area contributed by atoms with Crippen LogP contribution in [0.15, 0.2) is 21.8 Å². The van der Waals surface area contributed by atoms with E-state index in [1.807, 2.05) is 27.7 Å². The van der Waals surface area contributed by atoms with Gasteiger partial charge in [0.25, 0.3) is 0 Å². The Hall–Kier alpha value is -2.07. The molecule has 164 valence electrons. The Morgan fingerprint density at radius 2 is 2.00 bits per heavy atom. The van der Waals surface area contributed by atoms with Gasteiger partial charge in [0.15, 0.2) is 5.96 Å². The second-order valence-electron chi connectivity index (χ2n) is 8.43. The fourth-order valence-electron chi connectivity index (χ4n) is 4.15. The highest BCUT2D eigenvalue weighted by Crippen LogP contribution is 2.50. The summed E-state index contributed by atoms with van der Waals surface area (Å²) in [7, 11) is -4.02. The zero-order chi connectivity index (χ0) is 22.1. The molecule has 29 heavy (non-hydrogen) atoms. The van der Waals surface area contributed by atoms with E-state index >= 15 is 0 Å². The van der Waals surface area contributed by atoms with E-state index in [4.69, 9.17) is 15.9 Å². The summed E-state index contributed by atoms with van der Waals surface area (Å²) >= 11 is 0. The maximum Gasteiger partial charge on any atom is 0.321 e. The van der Waals surface area contributed by atoms with E-state index in [1.54, 1.807) is 6.92 Å². The normalized spacial score (nSPS) is 24.7. The van der Waals surface area contributed by atoms with Gasteiger partial charge in [0.2, 0.25) is 10.0 Å². The third-order valence-corrected chi connectivity index (χ3v) is 7.48. The van der Waals surface area contributed by atoms with Gasteiger partial charge in [-0.1, -0.05) is 6.92 Å². The Morgan fingerprint density at radius 1 is 1.38 bits per heavy atom. The minimum absolute atomic E-state index is 0.0525. The van der Waals surface area contributed by atoms with Crippen molar-refractivity contribution in [3.8, 4) is 0 Å². The molecule has 0 amide bonds. The highest BCUT2D eigenvalue weighted by molar-refractivity contribution is 7.93. The van der Waals surface area contributed by atoms with Gasteiger partial charge >= 0.3 is 5.97 Å². The Morgan fingerprint density at radius 3 is 2.55 bits per heavy atom. The Kier molecular flexibility index (Phi) is 6.68. The van der Waals surface area contributed by atoms with Gasteiger partial charge in [0.05, 0.1) is 4.91 Å². The maximum absolute atomic E-state index is 13.2. The molecule has 1 aliphatic heterocycles. The fraction of sp³-hybridized carbons (Fsp3) is 0.684. The molecular formula is C19H32N4O5S. The lowest BCUT2D eigenvalue weighted by Crippen LogP contribution is -2.43. The molecule has 2 unspecified atom stereocenters. The monoisotopic (exact) mass is 428 g/mol. The summed E-state index contributed by atoms with van der Waals surface area (Å²) in [4.78, 5) is 11.9. The van der Waals surface area contributed by atoms with Crippen LogP contribution in [0, 0.1) is 17.2 Å². The molecule has 9 nitrogen and oxygen atoms in total. The lowest BCUT2D eigenvalue weighted by atomic mass is 9.79. The predicted octanol–water partition coefficient (Wildman–Crippen LogP) is 1.64. The molecule has 10 heteroatoms. The standard InChI is InChI=1S/C19H32N4O5S/c1-10-11(2)16(12(3)13-9-19(4,5)28-15(10)13)29(26,27)23-14(17(24)25)7-6-8-22-18(20)21/h12-14,23H,6-9H2,1-5H3,(H,24,25)(H4,20,21,22)/t12?,13?,14-/m1/s1. The van der Waals surface area contributed by atoms with Gasteiger partial charge < -0.3 is 20.9 Å². The van der Waals surface area contributed by atoms with Crippen molar-refractivity contribution < 1.29 is 23.1 Å². The molecule has 6 N–H and O–H groups in total. The molecular weight excluding hydrogens is 396 g/mol. The van der Waals surface area contributed by atoms with E-state index in [0.717, 1.165) is 11.3 Å². The number of ether oxygens (including phenoxy) is 1. The van der Waals surface area contributed by atoms with Crippen molar-refractivity contribution in [2.24, 2.45) is 17.6 Å². The van der Waals surface area contributed by atoms with Crippen molar-refractivity contribution in [2.45, 2.75) is 65.5 Å². The van der Waals surface area contributed by atoms with Crippen molar-refractivity contribution in [3.63, 3.8) is 0 Å². The van der Waals surface area contributed by atoms with Gasteiger partial charge in [-0.15, -0.1) is 0 Å². The quantitative estimate of drug-likeness (QED) is 0.224. The number of carboxylic acid groups (broad SMARTS) is 1. The van der Waals surface area contributed by atoms with E-state index in [-0.39, 0.29) is 34.7 Å². The van der Waals surface area contributed by atoms with Crippen LogP contribution in [-0.4, -0.2) is 43.6 Å². The number of carbonyl (C=O) groups is 1. The summed E-state index contributed by atoms with van der Waals surface area (Å²) in [5, 5.41) is 19.2. The molecule has 0 aromatic carbocycles. The summed E-state index contributed by atoms with van der Waals surface area (Å²) < 4.78 is 34.8. The zero-order valence-corrected chi connectivity index (χ0v) is 18.4. The third-order valence-electron chi connectivity index (χ3n) is 5.62. The number of aliphatic carboxylic acids is 1. The average Bonchev–Trinajstić information content (AvgIpc) is 2.91. The van der Waals surface area contributed by atoms with Crippen LogP contribution in [0.1, 0.15) is 53.9 Å². The van der Waals surface area contributed by atoms with Crippen LogP contribution in [0.25, 0.3) is 0 Å². The molecule has 1 saturated heterocycles. The van der Waals surface area contributed by atoms with Gasteiger partial charge in [-0.05, 0) is 58.1 Å². The molecule has 2 rings (SSSR count). The first-order chi connectivity index (χ1) is 13.3. The van der Waals surface area contributed by atoms with Crippen molar-refractivity contribution in [1.82, 2.24) is 10.0 Å². The molecule has 1 heterocycles. The first-order valence-corrected chi connectivity index (χ1v) is 11.2. The van der Waals surface area contributed by atoms with Gasteiger partial charge in [-0.2, -0.15) is 4.72 Å². The lowest BCUT2D eigenvalue weighted by Gasteiger charge is -2.31. The SMILES string of the molecule is CC1=C2OC(C)(C)CC2C(C)C(S(=O)(=O)N[C@H](CCCNC(=N)N)C(=O)O)=C1C. The number of rotatable bonds is 8. The van der Waals surface area contributed by atoms with Gasteiger partial charge in [-0.3, -0.25) is 10.2 Å². The van der Waals surface area contributed by atoms with Crippen molar-refractivity contribution in [1.29, 1.82) is 5.41 Å². The topological polar surface area (TPSA) is 155 Å². The Labute approximate surface area is 172 Å². The van der Waals surface area contributed by atoms with Crippen LogP contribution in [0.4, 0.5) is 0 Å². The van der Waals surface area contributed by atoms with Crippen LogP contribution in [-0.2, 0) is 19.6 Å². The van der Waals surface area contributed by atoms with Crippen LogP contribution >= 0.6 is 0 Å². The summed E-state index contributed by atoms with van der Waals surface area (Å²) in [6.45, 7) is 9.70. The number of sulfonamides is 1. The Balaban J connectivity index is 2.25. The highest BCUT2D eigenvalue weighted by atomic mass is 32.2. The zero-order valence-electron chi connectivity index (χ0n) is 17.6. The smallest absolute Gasteiger partial charge is 0.321 e. The van der Waals surface area contributed by atoms with Crippen molar-refractivity contribution >= 4 is 22.0 Å². The second-order valence-corrected chi connectivity index (χ2v) is 10.1. The van der Waals surface area contributed by atoms with Gasteiger partial charge in [-0.25, -0.2) is 8.42 Å². The van der Waals surface area contributed by atoms with E-state index in [9.17, 15) is 18.3 Å². The number of guanidine groups is 1. The third kappa shape index (κ3) is 5.11. The maximum atomic E-state index is 13.2. The number of allylic oxidation sites excluding steroid dienone is 4. The molecule has 0 radical (unpaired) electrons. The van der Waals surface area contributed by atoms with Crippen LogP contribution in [0.3, 0.4) is 0 Å². The predicted molar refractivity (Wildman–Crippen MR) is 110 cm³/mol. The van der Waals surface area contributed by atoms with Gasteiger partial charge in [0.1, 0.15) is 17.4 Å². The highest BCUT2D eigenvalue weighted by Gasteiger charge is 2.47. The molecule has 3 atom stereocenters. The summed E-state index contributed by atoms with van der Waals surface area (Å²) in [6.07, 6.45) is 1.13. The number of hydrogen-bond acceptors (Lipinski definition) is 5. The number of carboxylic acids is 1. The lowest BCUT2D eigenvalue weighted by molar-refractivity contribution is -0.139. The molecule has 0 aromatic heterocycles. The second kappa shape index (κ2) is 8.35. The van der Waals surface area contributed by atoms with E-state index in [1.165, 1.54) is 0 Å². The first kappa shape index (κ1) is 23.2. The van der Waals surface area contributed by atoms with E-state index in [2.05, 4.69) is 10.0 Å². The van der Waals surface area contributed by atoms with E-state index in [0.29, 0.717) is 25.0 Å². The van der Waals surface area contributed by atoms with Crippen LogP contribution in [0.5, 0.6) is 0 Å². The Bertz CT molecular complexity index is 860. The van der Waals surface area contributed by atoms with Gasteiger partial charge in [0, 0.05) is 18.4 Å². The molecule has 1 fully saturated rings. The summed E-state index contributed by atoms with van der Waals surface area (Å²) in [5.41, 5.74) is 6.24. The molecule has 0 saturated carbocycles. The molecule has 0 bridgehead atoms. The molecule has 1 aliphatic carbocycles.